The van der Waals surface area contributed by atoms with Crippen molar-refractivity contribution < 1.29 is 39.8 Å². The summed E-state index contributed by atoms with van der Waals surface area (Å²) in [4.78, 5) is 12.7. The number of benzene rings is 2. The normalized spacial score (nSPS) is 24.2. The van der Waals surface area contributed by atoms with Gasteiger partial charge in [-0.25, -0.2) is 0 Å². The highest BCUT2D eigenvalue weighted by Crippen LogP contribution is 2.43. The lowest BCUT2D eigenvalue weighted by molar-refractivity contribution is -0.163. The summed E-state index contributed by atoms with van der Waals surface area (Å²) < 4.78 is 11.5. The van der Waals surface area contributed by atoms with Gasteiger partial charge in [-0.15, -0.1) is 0 Å². The molecule has 2 heterocycles. The van der Waals surface area contributed by atoms with Crippen molar-refractivity contribution in [2.45, 2.75) is 37.8 Å². The Bertz CT molecular complexity index is 1170. The van der Waals surface area contributed by atoms with Crippen molar-refractivity contribution in [2.75, 3.05) is 0 Å². The van der Waals surface area contributed by atoms with Gasteiger partial charge in [-0.3, -0.25) is 4.79 Å². The summed E-state index contributed by atoms with van der Waals surface area (Å²) in [6, 6.07) is 5.94. The Morgan fingerprint density at radius 3 is 2.33 bits per heavy atom. The number of aliphatic hydroxyl groups excluding tert-OH is 2. The van der Waals surface area contributed by atoms with Gasteiger partial charge in [0.05, 0.1) is 23.9 Å². The summed E-state index contributed by atoms with van der Waals surface area (Å²) in [5, 5.41) is 59.8. The van der Waals surface area contributed by atoms with Crippen LogP contribution in [-0.2, 0) is 4.74 Å². The average Bonchev–Trinajstić information content (AvgIpc) is 2.67. The van der Waals surface area contributed by atoms with E-state index in [0.29, 0.717) is 0 Å². The molecule has 0 radical (unpaired) electrons. The highest BCUT2D eigenvalue weighted by atomic mass is 16.5. The molecule has 0 saturated carbocycles. The molecule has 9 nitrogen and oxygen atoms in total. The van der Waals surface area contributed by atoms with Gasteiger partial charge in [0, 0.05) is 24.1 Å². The molecule has 1 aliphatic heterocycles. The first-order valence-electron chi connectivity index (χ1n) is 9.24. The second kappa shape index (κ2) is 7.21. The van der Waals surface area contributed by atoms with Gasteiger partial charge in [0.1, 0.15) is 28.7 Å². The number of ether oxygens (including phenoxy) is 1. The van der Waals surface area contributed by atoms with E-state index in [4.69, 9.17) is 9.15 Å². The molecule has 0 spiro atoms. The molecule has 1 fully saturated rings. The lowest BCUT2D eigenvalue weighted by Gasteiger charge is -2.36. The smallest absolute Gasteiger partial charge is 0.197 e. The monoisotopic (exact) mass is 416 g/mol. The minimum atomic E-state index is -1.13. The number of rotatable bonds is 2. The van der Waals surface area contributed by atoms with Crippen molar-refractivity contribution in [3.05, 3.63) is 46.1 Å². The fraction of sp³-hybridized carbons (Fsp3) is 0.286. The molecular weight excluding hydrogens is 396 g/mol. The highest BCUT2D eigenvalue weighted by Gasteiger charge is 2.37. The van der Waals surface area contributed by atoms with Gasteiger partial charge in [-0.1, -0.05) is 0 Å². The molecule has 4 rings (SSSR count). The van der Waals surface area contributed by atoms with Gasteiger partial charge in [0.15, 0.2) is 22.5 Å². The quantitative estimate of drug-likeness (QED) is 0.343. The number of fused-ring (bicyclic) bond motifs is 1. The van der Waals surface area contributed by atoms with Crippen LogP contribution in [0, 0.1) is 0 Å². The standard InChI is InChI=1S/C21H20O9/c1-8-20(28)15(27)7-17(29-8)19-13(25)5-12(24)18-14(26)6-16(30-21(18)19)9-2-3-10(22)11(23)4-9/h2-6,8,15,17,20,22-25,27-28H,7H2,1H3/t8-,15-,17-,20-/m1/s1. The second-order valence-electron chi connectivity index (χ2n) is 7.33. The molecule has 3 aromatic rings. The largest absolute Gasteiger partial charge is 0.507 e. The fourth-order valence-corrected chi connectivity index (χ4v) is 3.70. The number of aliphatic hydroxyl groups is 2. The Morgan fingerprint density at radius 1 is 0.933 bits per heavy atom. The summed E-state index contributed by atoms with van der Waals surface area (Å²) >= 11 is 0. The van der Waals surface area contributed by atoms with Crippen molar-refractivity contribution in [2.24, 2.45) is 0 Å². The predicted octanol–water partition coefficient (Wildman–Crippen LogP) is 1.85. The second-order valence-corrected chi connectivity index (χ2v) is 7.33. The van der Waals surface area contributed by atoms with E-state index in [0.717, 1.165) is 12.1 Å². The van der Waals surface area contributed by atoms with E-state index < -0.39 is 47.1 Å². The topological polar surface area (TPSA) is 161 Å². The molecule has 0 unspecified atom stereocenters. The van der Waals surface area contributed by atoms with Crippen molar-refractivity contribution in [3.63, 3.8) is 0 Å². The van der Waals surface area contributed by atoms with Crippen molar-refractivity contribution in [3.8, 4) is 34.3 Å². The van der Waals surface area contributed by atoms with Crippen LogP contribution in [0.4, 0.5) is 0 Å². The van der Waals surface area contributed by atoms with Crippen LogP contribution in [0.5, 0.6) is 23.0 Å². The van der Waals surface area contributed by atoms with E-state index in [1.807, 2.05) is 0 Å². The first-order chi connectivity index (χ1) is 14.2. The molecule has 0 bridgehead atoms. The van der Waals surface area contributed by atoms with E-state index in [1.54, 1.807) is 6.92 Å². The van der Waals surface area contributed by atoms with Gasteiger partial charge in [0.2, 0.25) is 0 Å². The molecule has 0 amide bonds. The first-order valence-corrected chi connectivity index (χ1v) is 9.24. The van der Waals surface area contributed by atoms with Crippen LogP contribution in [0.15, 0.2) is 39.5 Å². The summed E-state index contributed by atoms with van der Waals surface area (Å²) in [5.41, 5.74) is -0.445. The third-order valence-corrected chi connectivity index (χ3v) is 5.29. The first kappa shape index (κ1) is 20.0. The van der Waals surface area contributed by atoms with Crippen molar-refractivity contribution >= 4 is 11.0 Å². The Morgan fingerprint density at radius 2 is 1.67 bits per heavy atom. The molecule has 1 aromatic heterocycles. The number of phenols is 4. The van der Waals surface area contributed by atoms with E-state index in [1.165, 1.54) is 18.2 Å². The van der Waals surface area contributed by atoms with Crippen molar-refractivity contribution in [1.82, 2.24) is 0 Å². The van der Waals surface area contributed by atoms with Gasteiger partial charge < -0.3 is 39.8 Å². The van der Waals surface area contributed by atoms with Crippen LogP contribution in [0.2, 0.25) is 0 Å². The SMILES string of the molecule is C[C@H]1O[C@@H](c2c(O)cc(O)c3c(=O)cc(-c4ccc(O)c(O)c4)oc23)C[C@@H](O)[C@@H]1O. The van der Waals surface area contributed by atoms with Gasteiger partial charge in [-0.2, -0.15) is 0 Å². The van der Waals surface area contributed by atoms with E-state index in [9.17, 15) is 35.4 Å². The van der Waals surface area contributed by atoms with Gasteiger partial charge in [0.25, 0.3) is 0 Å². The van der Waals surface area contributed by atoms with Crippen LogP contribution < -0.4 is 5.43 Å². The Balaban J connectivity index is 1.95. The van der Waals surface area contributed by atoms with Gasteiger partial charge in [-0.05, 0) is 25.1 Å². The summed E-state index contributed by atoms with van der Waals surface area (Å²) in [5.74, 6) is -1.66. The minimum Gasteiger partial charge on any atom is -0.507 e. The molecule has 6 N–H and O–H groups in total. The fourth-order valence-electron chi connectivity index (χ4n) is 3.70. The molecule has 1 saturated heterocycles. The van der Waals surface area contributed by atoms with Crippen molar-refractivity contribution in [1.29, 1.82) is 0 Å². The van der Waals surface area contributed by atoms with Gasteiger partial charge >= 0.3 is 0 Å². The number of hydrogen-bond acceptors (Lipinski definition) is 9. The van der Waals surface area contributed by atoms with E-state index in [2.05, 4.69) is 0 Å². The average molecular weight is 416 g/mol. The zero-order chi connectivity index (χ0) is 21.7. The minimum absolute atomic E-state index is 0.0125. The maximum absolute atomic E-state index is 12.7. The number of hydrogen-bond donors (Lipinski definition) is 6. The zero-order valence-corrected chi connectivity index (χ0v) is 15.8. The number of aromatic hydroxyl groups is 4. The molecule has 2 aromatic carbocycles. The Labute approximate surface area is 169 Å². The van der Waals surface area contributed by atoms with Crippen LogP contribution in [0.25, 0.3) is 22.3 Å². The molecule has 4 atom stereocenters. The Hall–Kier alpha value is -3.27. The molecule has 30 heavy (non-hydrogen) atoms. The zero-order valence-electron chi connectivity index (χ0n) is 15.8. The molecule has 1 aliphatic rings. The summed E-state index contributed by atoms with van der Waals surface area (Å²) in [6.07, 6.45) is -4.01. The van der Waals surface area contributed by atoms with Crippen LogP contribution in [0.3, 0.4) is 0 Å². The third-order valence-electron chi connectivity index (χ3n) is 5.29. The summed E-state index contributed by atoms with van der Waals surface area (Å²) in [6.45, 7) is 1.56. The van der Waals surface area contributed by atoms with Crippen LogP contribution in [0.1, 0.15) is 25.0 Å². The van der Waals surface area contributed by atoms with Crippen LogP contribution in [-0.4, -0.2) is 49.0 Å². The molecule has 0 aliphatic carbocycles. The molecule has 9 heteroatoms. The lowest BCUT2D eigenvalue weighted by atomic mass is 9.92. The maximum atomic E-state index is 12.7. The molecular formula is C21H20O9. The lowest BCUT2D eigenvalue weighted by Crippen LogP contribution is -2.44. The third kappa shape index (κ3) is 3.22. The maximum Gasteiger partial charge on any atom is 0.197 e. The highest BCUT2D eigenvalue weighted by molar-refractivity contribution is 5.89. The summed E-state index contributed by atoms with van der Waals surface area (Å²) in [7, 11) is 0. The predicted molar refractivity (Wildman–Crippen MR) is 104 cm³/mol. The van der Waals surface area contributed by atoms with E-state index >= 15 is 0 Å². The van der Waals surface area contributed by atoms with E-state index in [-0.39, 0.29) is 40.0 Å². The van der Waals surface area contributed by atoms with Crippen LogP contribution >= 0.6 is 0 Å². The molecule has 158 valence electrons. The number of phenolic OH excluding ortho intramolecular Hbond substituents is 4. The Kier molecular flexibility index (Phi) is 4.81.